The maximum atomic E-state index is 5.90. The molecule has 0 aliphatic carbocycles. The summed E-state index contributed by atoms with van der Waals surface area (Å²) < 4.78 is 2.27. The predicted octanol–water partition coefficient (Wildman–Crippen LogP) is 6.28. The van der Waals surface area contributed by atoms with Crippen molar-refractivity contribution in [3.8, 4) is 5.69 Å². The Bertz CT molecular complexity index is 1320. The van der Waals surface area contributed by atoms with Crippen molar-refractivity contribution in [2.24, 2.45) is 0 Å². The van der Waals surface area contributed by atoms with E-state index in [4.69, 9.17) is 12.2 Å². The second-order valence-electron chi connectivity index (χ2n) is 8.84. The number of hydrogen-bond acceptors (Lipinski definition) is 2. The second-order valence-corrected chi connectivity index (χ2v) is 9.22. The van der Waals surface area contributed by atoms with E-state index in [1.807, 2.05) is 18.3 Å². The van der Waals surface area contributed by atoms with E-state index in [2.05, 4.69) is 108 Å². The first-order chi connectivity index (χ1) is 15.9. The van der Waals surface area contributed by atoms with Crippen LogP contribution in [-0.4, -0.2) is 14.7 Å². The van der Waals surface area contributed by atoms with E-state index in [1.165, 1.54) is 27.9 Å². The maximum Gasteiger partial charge on any atom is 0.174 e. The summed E-state index contributed by atoms with van der Waals surface area (Å²) in [6.45, 7) is 8.59. The largest absolute Gasteiger partial charge is 0.351 e. The Labute approximate surface area is 200 Å². The van der Waals surface area contributed by atoms with Gasteiger partial charge in [0.2, 0.25) is 0 Å². The number of benzene rings is 2. The number of anilines is 1. The lowest BCUT2D eigenvalue weighted by Crippen LogP contribution is -2.30. The zero-order valence-electron chi connectivity index (χ0n) is 19.4. The fourth-order valence-corrected chi connectivity index (χ4v) is 4.90. The molecule has 5 heteroatoms. The Morgan fingerprint density at radius 2 is 1.48 bits per heavy atom. The highest BCUT2D eigenvalue weighted by atomic mass is 32.1. The number of pyridine rings is 1. The zero-order valence-corrected chi connectivity index (χ0v) is 20.2. The van der Waals surface area contributed by atoms with Crippen LogP contribution >= 0.6 is 12.2 Å². The molecule has 0 bridgehead atoms. The van der Waals surface area contributed by atoms with Gasteiger partial charge >= 0.3 is 0 Å². The van der Waals surface area contributed by atoms with Crippen LogP contribution in [0.1, 0.15) is 45.7 Å². The summed E-state index contributed by atoms with van der Waals surface area (Å²) in [7, 11) is 0. The topological polar surface area (TPSA) is 33.1 Å². The first-order valence-electron chi connectivity index (χ1n) is 11.3. The van der Waals surface area contributed by atoms with Gasteiger partial charge in [0.05, 0.1) is 11.7 Å². The highest BCUT2D eigenvalue weighted by Gasteiger charge is 2.42. The quantitative estimate of drug-likeness (QED) is 0.369. The van der Waals surface area contributed by atoms with Gasteiger partial charge in [0.1, 0.15) is 6.04 Å². The third-order valence-electron chi connectivity index (χ3n) is 6.72. The molecule has 0 saturated carbocycles. The molecule has 0 unspecified atom stereocenters. The van der Waals surface area contributed by atoms with Gasteiger partial charge in [-0.2, -0.15) is 0 Å². The Kier molecular flexibility index (Phi) is 5.51. The number of thiocarbonyl (C=S) groups is 1. The number of nitrogens with one attached hydrogen (secondary N) is 1. The van der Waals surface area contributed by atoms with Gasteiger partial charge in [-0.3, -0.25) is 4.98 Å². The molecular formula is C28H28N4S. The Morgan fingerprint density at radius 1 is 0.788 bits per heavy atom. The molecule has 1 N–H and O–H groups in total. The van der Waals surface area contributed by atoms with Crippen molar-refractivity contribution in [2.45, 2.75) is 39.8 Å². The third kappa shape index (κ3) is 3.83. The Morgan fingerprint density at radius 3 is 2.15 bits per heavy atom. The lowest BCUT2D eigenvalue weighted by Gasteiger charge is -2.29. The minimum atomic E-state index is -0.0690. The lowest BCUT2D eigenvalue weighted by molar-refractivity contribution is 0.549. The summed E-state index contributed by atoms with van der Waals surface area (Å²) in [6, 6.07) is 23.4. The number of rotatable bonds is 4. The van der Waals surface area contributed by atoms with Crippen LogP contribution in [0.4, 0.5) is 5.69 Å². The SMILES string of the molecule is Cc1ccc(N2C(=S)N[C@H](c3ccccn3)[C@@H]2c2cccn2-c2ccc(C)c(C)c2)cc1C. The molecule has 2 aromatic carbocycles. The van der Waals surface area contributed by atoms with Gasteiger partial charge in [-0.25, -0.2) is 0 Å². The second kappa shape index (κ2) is 8.49. The molecular weight excluding hydrogens is 424 g/mol. The van der Waals surface area contributed by atoms with Crippen LogP contribution in [0.2, 0.25) is 0 Å². The molecule has 1 aliphatic heterocycles. The van der Waals surface area contributed by atoms with Crippen LogP contribution in [0, 0.1) is 27.7 Å². The molecule has 1 saturated heterocycles. The number of aromatic nitrogens is 2. The average Bonchev–Trinajstić information content (AvgIpc) is 3.42. The van der Waals surface area contributed by atoms with E-state index in [1.54, 1.807) is 0 Å². The Balaban J connectivity index is 1.68. The van der Waals surface area contributed by atoms with Crippen molar-refractivity contribution in [1.82, 2.24) is 14.9 Å². The molecule has 1 aliphatic rings. The van der Waals surface area contributed by atoms with Gasteiger partial charge in [-0.05, 0) is 111 Å². The normalized spacial score (nSPS) is 17.9. The molecule has 33 heavy (non-hydrogen) atoms. The van der Waals surface area contributed by atoms with Crippen molar-refractivity contribution in [3.05, 3.63) is 113 Å². The van der Waals surface area contributed by atoms with Crippen LogP contribution in [0.3, 0.4) is 0 Å². The van der Waals surface area contributed by atoms with Crippen molar-refractivity contribution >= 4 is 23.0 Å². The van der Waals surface area contributed by atoms with Crippen LogP contribution in [0.15, 0.2) is 79.1 Å². The van der Waals surface area contributed by atoms with Crippen molar-refractivity contribution < 1.29 is 0 Å². The minimum absolute atomic E-state index is 0.0499. The van der Waals surface area contributed by atoms with E-state index < -0.39 is 0 Å². The average molecular weight is 453 g/mol. The smallest absolute Gasteiger partial charge is 0.174 e. The van der Waals surface area contributed by atoms with Gasteiger partial charge in [0.25, 0.3) is 0 Å². The van der Waals surface area contributed by atoms with Crippen molar-refractivity contribution in [1.29, 1.82) is 0 Å². The third-order valence-corrected chi connectivity index (χ3v) is 7.03. The fraction of sp³-hybridized carbons (Fsp3) is 0.214. The molecule has 5 rings (SSSR count). The molecule has 0 spiro atoms. The Hall–Kier alpha value is -3.44. The van der Waals surface area contributed by atoms with Gasteiger partial charge in [0.15, 0.2) is 5.11 Å². The van der Waals surface area contributed by atoms with Crippen molar-refractivity contribution in [2.75, 3.05) is 4.90 Å². The van der Waals surface area contributed by atoms with Crippen molar-refractivity contribution in [3.63, 3.8) is 0 Å². The summed E-state index contributed by atoms with van der Waals surface area (Å²) in [5.74, 6) is 0. The summed E-state index contributed by atoms with van der Waals surface area (Å²) >= 11 is 5.90. The standard InChI is InChI=1S/C28H28N4S/c1-18-10-12-22(16-20(18)3)31-15-7-9-25(31)27-26(24-8-5-6-14-29-24)30-28(33)32(27)23-13-11-19(2)21(4)17-23/h5-17,26-27H,1-4H3,(H,30,33)/t26-,27+/m1/s1. The molecule has 4 aromatic rings. The molecule has 3 heterocycles. The highest BCUT2D eigenvalue weighted by Crippen LogP contribution is 2.42. The van der Waals surface area contributed by atoms with E-state index in [9.17, 15) is 0 Å². The summed E-state index contributed by atoms with van der Waals surface area (Å²) in [4.78, 5) is 6.93. The summed E-state index contributed by atoms with van der Waals surface area (Å²) in [6.07, 6.45) is 3.98. The molecule has 4 nitrogen and oxygen atoms in total. The molecule has 2 aromatic heterocycles. The fourth-order valence-electron chi connectivity index (χ4n) is 4.55. The van der Waals surface area contributed by atoms with Crippen LogP contribution < -0.4 is 10.2 Å². The number of aryl methyl sites for hydroxylation is 4. The van der Waals surface area contributed by atoms with E-state index in [-0.39, 0.29) is 12.1 Å². The summed E-state index contributed by atoms with van der Waals surface area (Å²) in [5, 5.41) is 4.29. The monoisotopic (exact) mass is 452 g/mol. The first-order valence-corrected chi connectivity index (χ1v) is 11.7. The van der Waals surface area contributed by atoms with Gasteiger partial charge < -0.3 is 14.8 Å². The summed E-state index contributed by atoms with van der Waals surface area (Å²) in [5.41, 5.74) is 9.47. The number of hydrogen-bond donors (Lipinski definition) is 1. The van der Waals surface area contributed by atoms with Crippen LogP contribution in [-0.2, 0) is 0 Å². The van der Waals surface area contributed by atoms with Gasteiger partial charge in [-0.1, -0.05) is 18.2 Å². The van der Waals surface area contributed by atoms with Crippen LogP contribution in [0.25, 0.3) is 5.69 Å². The first kappa shape index (κ1) is 21.4. The van der Waals surface area contributed by atoms with E-state index in [0.717, 1.165) is 17.1 Å². The molecule has 1 fully saturated rings. The predicted molar refractivity (Wildman–Crippen MR) is 139 cm³/mol. The van der Waals surface area contributed by atoms with E-state index >= 15 is 0 Å². The molecule has 0 amide bonds. The molecule has 0 radical (unpaired) electrons. The molecule has 2 atom stereocenters. The molecule has 166 valence electrons. The lowest BCUT2D eigenvalue weighted by atomic mass is 10.00. The van der Waals surface area contributed by atoms with E-state index in [0.29, 0.717) is 5.11 Å². The van der Waals surface area contributed by atoms with Gasteiger partial charge in [0, 0.05) is 29.5 Å². The minimum Gasteiger partial charge on any atom is -0.351 e. The zero-order chi connectivity index (χ0) is 23.1. The number of nitrogens with zero attached hydrogens (tertiary/aromatic N) is 3. The highest BCUT2D eigenvalue weighted by molar-refractivity contribution is 7.80. The maximum absolute atomic E-state index is 5.90. The van der Waals surface area contributed by atoms with Gasteiger partial charge in [-0.15, -0.1) is 0 Å². The van der Waals surface area contributed by atoms with Crippen LogP contribution in [0.5, 0.6) is 0 Å².